The molecule has 4 nitrogen and oxygen atoms in total. The number of nitrogens with zero attached hydrogens (tertiary/aromatic N) is 3. The van der Waals surface area contributed by atoms with Gasteiger partial charge in [0.1, 0.15) is 5.78 Å². The van der Waals surface area contributed by atoms with Gasteiger partial charge in [-0.1, -0.05) is 19.0 Å². The van der Waals surface area contributed by atoms with E-state index in [1.807, 2.05) is 13.8 Å². The molecule has 0 bridgehead atoms. The van der Waals surface area contributed by atoms with Crippen molar-refractivity contribution >= 4 is 5.78 Å². The zero-order chi connectivity index (χ0) is 8.85. The zero-order valence-electron chi connectivity index (χ0n) is 7.11. The van der Waals surface area contributed by atoms with Gasteiger partial charge in [0, 0.05) is 17.4 Å². The predicted octanol–water partition coefficient (Wildman–Crippen LogP) is 2.30. The van der Waals surface area contributed by atoms with Gasteiger partial charge in [0.05, 0.1) is 0 Å². The van der Waals surface area contributed by atoms with Gasteiger partial charge >= 0.3 is 0 Å². The highest BCUT2D eigenvalue weighted by atomic mass is 16.1. The number of hydrogen-bond acceptors (Lipinski definition) is 2. The Kier molecular flexibility index (Phi) is 4.30. The average molecular weight is 155 g/mol. The van der Waals surface area contributed by atoms with Crippen molar-refractivity contribution in [2.75, 3.05) is 0 Å². The van der Waals surface area contributed by atoms with Crippen molar-refractivity contribution in [2.24, 2.45) is 11.0 Å². The molecule has 0 aliphatic carbocycles. The molecule has 0 heterocycles. The van der Waals surface area contributed by atoms with Crippen LogP contribution in [0.3, 0.4) is 0 Å². The zero-order valence-corrected chi connectivity index (χ0v) is 7.11. The van der Waals surface area contributed by atoms with Crippen LogP contribution in [0, 0.1) is 5.92 Å². The van der Waals surface area contributed by atoms with Gasteiger partial charge in [-0.05, 0) is 18.4 Å². The number of azide groups is 1. The summed E-state index contributed by atoms with van der Waals surface area (Å²) in [5, 5.41) is 3.52. The molecular formula is C7H13N3O. The minimum Gasteiger partial charge on any atom is -0.300 e. The molecule has 0 aromatic rings. The molecule has 0 rings (SSSR count). The van der Waals surface area contributed by atoms with Gasteiger partial charge < -0.3 is 4.79 Å². The first-order valence-corrected chi connectivity index (χ1v) is 3.61. The maximum Gasteiger partial charge on any atom is 0.130 e. The second-order valence-corrected chi connectivity index (χ2v) is 2.92. The Morgan fingerprint density at radius 1 is 1.64 bits per heavy atom. The van der Waals surface area contributed by atoms with Gasteiger partial charge in [-0.25, -0.2) is 0 Å². The lowest BCUT2D eigenvalue weighted by Gasteiger charge is -2.11. The van der Waals surface area contributed by atoms with E-state index >= 15 is 0 Å². The third-order valence-electron chi connectivity index (χ3n) is 1.47. The maximum atomic E-state index is 10.7. The lowest BCUT2D eigenvalue weighted by molar-refractivity contribution is -0.117. The van der Waals surface area contributed by atoms with Gasteiger partial charge in [-0.3, -0.25) is 0 Å². The average Bonchev–Trinajstić information content (AvgIpc) is 1.86. The summed E-state index contributed by atoms with van der Waals surface area (Å²) in [5.41, 5.74) is 8.15. The van der Waals surface area contributed by atoms with E-state index in [1.165, 1.54) is 6.92 Å². The highest BCUT2D eigenvalue weighted by Gasteiger charge is 2.12. The van der Waals surface area contributed by atoms with E-state index < -0.39 is 0 Å². The normalized spacial score (nSPS) is 12.4. The number of hydrogen-bond donors (Lipinski definition) is 0. The van der Waals surface area contributed by atoms with E-state index in [0.29, 0.717) is 6.42 Å². The number of rotatable bonds is 4. The number of carbonyl (C=O) groups is 1. The molecule has 0 unspecified atom stereocenters. The van der Waals surface area contributed by atoms with Crippen molar-refractivity contribution in [3.63, 3.8) is 0 Å². The quantitative estimate of drug-likeness (QED) is 0.349. The molecule has 0 aliphatic rings. The molecule has 0 aromatic heterocycles. The smallest absolute Gasteiger partial charge is 0.130 e. The fourth-order valence-corrected chi connectivity index (χ4v) is 0.771. The van der Waals surface area contributed by atoms with Crippen LogP contribution < -0.4 is 0 Å². The summed E-state index contributed by atoms with van der Waals surface area (Å²) in [5.74, 6) is 0.297. The first-order chi connectivity index (χ1) is 5.07. The Morgan fingerprint density at radius 2 is 2.18 bits per heavy atom. The number of carbonyl (C=O) groups excluding carboxylic acids is 1. The SMILES string of the molecule is CC(=O)C[C@@H](N=[N+]=[N-])C(C)C. The third kappa shape index (κ3) is 4.39. The summed E-state index contributed by atoms with van der Waals surface area (Å²) in [6.07, 6.45) is 0.349. The van der Waals surface area contributed by atoms with Crippen LogP contribution in [0.15, 0.2) is 5.11 Å². The second-order valence-electron chi connectivity index (χ2n) is 2.92. The molecule has 0 amide bonds. The van der Waals surface area contributed by atoms with Gasteiger partial charge in [-0.2, -0.15) is 0 Å². The van der Waals surface area contributed by atoms with E-state index in [-0.39, 0.29) is 17.7 Å². The molecule has 0 fully saturated rings. The van der Waals surface area contributed by atoms with Crippen LogP contribution in [0.4, 0.5) is 0 Å². The molecule has 1 atom stereocenters. The van der Waals surface area contributed by atoms with Crippen LogP contribution in [-0.4, -0.2) is 11.8 Å². The lowest BCUT2D eigenvalue weighted by atomic mass is 10.0. The Bertz CT molecular complexity index is 182. The molecule has 0 aromatic carbocycles. The summed E-state index contributed by atoms with van der Waals surface area (Å²) in [6.45, 7) is 5.37. The Balaban J connectivity index is 4.10. The molecular weight excluding hydrogens is 142 g/mol. The molecule has 0 saturated carbocycles. The number of ketones is 1. The van der Waals surface area contributed by atoms with Crippen molar-refractivity contribution in [1.29, 1.82) is 0 Å². The summed E-state index contributed by atoms with van der Waals surface area (Å²) >= 11 is 0. The lowest BCUT2D eigenvalue weighted by Crippen LogP contribution is -2.15. The summed E-state index contributed by atoms with van der Waals surface area (Å²) in [6, 6.07) is -0.183. The van der Waals surface area contributed by atoms with Crippen molar-refractivity contribution < 1.29 is 4.79 Å². The van der Waals surface area contributed by atoms with E-state index in [9.17, 15) is 4.79 Å². The molecule has 62 valence electrons. The van der Waals surface area contributed by atoms with Gasteiger partial charge in [0.25, 0.3) is 0 Å². The van der Waals surface area contributed by atoms with E-state index in [2.05, 4.69) is 10.0 Å². The Hall–Kier alpha value is -1.02. The van der Waals surface area contributed by atoms with E-state index in [1.54, 1.807) is 0 Å². The van der Waals surface area contributed by atoms with Crippen LogP contribution >= 0.6 is 0 Å². The van der Waals surface area contributed by atoms with Crippen LogP contribution in [0.1, 0.15) is 27.2 Å². The highest BCUT2D eigenvalue weighted by Crippen LogP contribution is 2.10. The van der Waals surface area contributed by atoms with Crippen LogP contribution in [-0.2, 0) is 4.79 Å². The fourth-order valence-electron chi connectivity index (χ4n) is 0.771. The van der Waals surface area contributed by atoms with E-state index in [4.69, 9.17) is 5.53 Å². The standard InChI is InChI=1S/C7H13N3O/c1-5(2)7(9-10-8)4-6(3)11/h5,7H,4H2,1-3H3/t7-/m1/s1. The molecule has 0 aliphatic heterocycles. The first-order valence-electron chi connectivity index (χ1n) is 3.61. The van der Waals surface area contributed by atoms with Gasteiger partial charge in [0.2, 0.25) is 0 Å². The third-order valence-corrected chi connectivity index (χ3v) is 1.47. The monoisotopic (exact) mass is 155 g/mol. The van der Waals surface area contributed by atoms with Crippen LogP contribution in [0.25, 0.3) is 10.4 Å². The minimum absolute atomic E-state index is 0.0658. The molecule has 0 N–H and O–H groups in total. The molecule has 11 heavy (non-hydrogen) atoms. The fraction of sp³-hybridized carbons (Fsp3) is 0.857. The van der Waals surface area contributed by atoms with Crippen molar-refractivity contribution in [1.82, 2.24) is 0 Å². The molecule has 4 heteroatoms. The second kappa shape index (κ2) is 4.74. The van der Waals surface area contributed by atoms with Crippen molar-refractivity contribution in [3.05, 3.63) is 10.4 Å². The van der Waals surface area contributed by atoms with Crippen molar-refractivity contribution in [3.8, 4) is 0 Å². The first kappa shape index (κ1) is 9.98. The summed E-state index contributed by atoms with van der Waals surface area (Å²) in [4.78, 5) is 13.3. The largest absolute Gasteiger partial charge is 0.300 e. The van der Waals surface area contributed by atoms with Crippen LogP contribution in [0.5, 0.6) is 0 Å². The van der Waals surface area contributed by atoms with Crippen molar-refractivity contribution in [2.45, 2.75) is 33.2 Å². The Morgan fingerprint density at radius 3 is 2.45 bits per heavy atom. The van der Waals surface area contributed by atoms with Gasteiger partial charge in [0.15, 0.2) is 0 Å². The maximum absolute atomic E-state index is 10.7. The summed E-state index contributed by atoms with van der Waals surface area (Å²) in [7, 11) is 0. The minimum atomic E-state index is -0.183. The topological polar surface area (TPSA) is 65.8 Å². The van der Waals surface area contributed by atoms with E-state index in [0.717, 1.165) is 0 Å². The molecule has 0 saturated heterocycles. The molecule has 0 spiro atoms. The van der Waals surface area contributed by atoms with Crippen LogP contribution in [0.2, 0.25) is 0 Å². The number of Topliss-reactive ketones (excluding diaryl/α,β-unsaturated/α-hetero) is 1. The Labute approximate surface area is 66.2 Å². The summed E-state index contributed by atoms with van der Waals surface area (Å²) < 4.78 is 0. The predicted molar refractivity (Wildman–Crippen MR) is 43.1 cm³/mol. The highest BCUT2D eigenvalue weighted by molar-refractivity contribution is 5.76. The molecule has 0 radical (unpaired) electrons. The van der Waals surface area contributed by atoms with Gasteiger partial charge in [-0.15, -0.1) is 0 Å².